The third-order valence-electron chi connectivity index (χ3n) is 5.89. The number of piperidine rings is 1. The van der Waals surface area contributed by atoms with Crippen LogP contribution in [0.5, 0.6) is 0 Å². The van der Waals surface area contributed by atoms with E-state index < -0.39 is 11.9 Å². The van der Waals surface area contributed by atoms with Crippen molar-refractivity contribution in [2.75, 3.05) is 13.1 Å². The number of carbonyl (C=O) groups is 2. The predicted octanol–water partition coefficient (Wildman–Crippen LogP) is 1.72. The summed E-state index contributed by atoms with van der Waals surface area (Å²) in [6, 6.07) is 8.89. The predicted molar refractivity (Wildman–Crippen MR) is 121 cm³/mol. The summed E-state index contributed by atoms with van der Waals surface area (Å²) in [5.41, 5.74) is 2.22. The van der Waals surface area contributed by atoms with Crippen molar-refractivity contribution in [1.29, 1.82) is 0 Å². The Kier molecular flexibility index (Phi) is 6.07. The molecule has 2 aromatic heterocycles. The second-order valence-corrected chi connectivity index (χ2v) is 8.28. The standard InChI is InChI=1S/C23H28N6O3/c1-15-21-20(17(3)29(26-21)18-10-6-4-7-11-18)23(32)28(25-15)14-19(30)24-16(2)22(31)27-12-8-5-9-13-27/h4,6-7,10-11,16H,5,8-9,12-14H2,1-3H3,(H,24,30). The van der Waals surface area contributed by atoms with Gasteiger partial charge in [0.1, 0.15) is 18.1 Å². The normalized spacial score (nSPS) is 15.0. The molecule has 9 heteroatoms. The molecule has 1 unspecified atom stereocenters. The van der Waals surface area contributed by atoms with E-state index >= 15 is 0 Å². The van der Waals surface area contributed by atoms with Crippen molar-refractivity contribution in [3.8, 4) is 5.69 Å². The molecule has 4 rings (SSSR count). The highest BCUT2D eigenvalue weighted by Crippen LogP contribution is 2.19. The number of fused-ring (bicyclic) bond motifs is 1. The van der Waals surface area contributed by atoms with Crippen molar-refractivity contribution in [3.05, 3.63) is 52.1 Å². The molecule has 1 N–H and O–H groups in total. The van der Waals surface area contributed by atoms with E-state index in [0.29, 0.717) is 22.3 Å². The lowest BCUT2D eigenvalue weighted by atomic mass is 10.1. The Balaban J connectivity index is 1.56. The number of aromatic nitrogens is 4. The van der Waals surface area contributed by atoms with Gasteiger partial charge in [0.25, 0.3) is 5.56 Å². The molecular weight excluding hydrogens is 408 g/mol. The summed E-state index contributed by atoms with van der Waals surface area (Å²) in [7, 11) is 0. The van der Waals surface area contributed by atoms with Crippen molar-refractivity contribution in [1.82, 2.24) is 29.8 Å². The van der Waals surface area contributed by atoms with Crippen molar-refractivity contribution in [2.24, 2.45) is 0 Å². The summed E-state index contributed by atoms with van der Waals surface area (Å²) in [6.07, 6.45) is 3.10. The van der Waals surface area contributed by atoms with Crippen LogP contribution in [0.1, 0.15) is 37.6 Å². The number of hydrogen-bond acceptors (Lipinski definition) is 5. The summed E-state index contributed by atoms with van der Waals surface area (Å²) in [5, 5.41) is 12.0. The lowest BCUT2D eigenvalue weighted by molar-refractivity contribution is -0.136. The zero-order chi connectivity index (χ0) is 22.8. The molecule has 1 saturated heterocycles. The van der Waals surface area contributed by atoms with Gasteiger partial charge >= 0.3 is 0 Å². The van der Waals surface area contributed by atoms with Gasteiger partial charge in [-0.3, -0.25) is 14.4 Å². The van der Waals surface area contributed by atoms with E-state index in [1.54, 1.807) is 23.4 Å². The third-order valence-corrected chi connectivity index (χ3v) is 5.89. The highest BCUT2D eigenvalue weighted by molar-refractivity contribution is 5.87. The zero-order valence-electron chi connectivity index (χ0n) is 18.7. The van der Waals surface area contributed by atoms with Crippen LogP contribution in [0.4, 0.5) is 0 Å². The highest BCUT2D eigenvalue weighted by Gasteiger charge is 2.24. The van der Waals surface area contributed by atoms with Gasteiger partial charge < -0.3 is 10.2 Å². The van der Waals surface area contributed by atoms with Gasteiger partial charge in [0.15, 0.2) is 0 Å². The minimum absolute atomic E-state index is 0.0926. The molecule has 0 aliphatic carbocycles. The SMILES string of the molecule is Cc1nn(CC(=O)NC(C)C(=O)N2CCCCC2)c(=O)c2c(C)n(-c3ccccc3)nc12. The van der Waals surface area contributed by atoms with Crippen LogP contribution in [0.3, 0.4) is 0 Å². The lowest BCUT2D eigenvalue weighted by Crippen LogP contribution is -2.49. The molecule has 9 nitrogen and oxygen atoms in total. The van der Waals surface area contributed by atoms with E-state index in [4.69, 9.17) is 0 Å². The average Bonchev–Trinajstić information content (AvgIpc) is 3.15. The molecule has 0 saturated carbocycles. The largest absolute Gasteiger partial charge is 0.343 e. The molecule has 32 heavy (non-hydrogen) atoms. The first kappa shape index (κ1) is 21.7. The number of likely N-dealkylation sites (tertiary alicyclic amines) is 1. The zero-order valence-corrected chi connectivity index (χ0v) is 18.7. The Morgan fingerprint density at radius 1 is 1.06 bits per heavy atom. The molecule has 3 aromatic rings. The number of amides is 2. The smallest absolute Gasteiger partial charge is 0.278 e. The van der Waals surface area contributed by atoms with E-state index in [1.807, 2.05) is 37.3 Å². The number of rotatable bonds is 5. The molecule has 3 heterocycles. The van der Waals surface area contributed by atoms with Crippen LogP contribution < -0.4 is 10.9 Å². The molecular formula is C23H28N6O3. The van der Waals surface area contributed by atoms with Gasteiger partial charge in [-0.15, -0.1) is 0 Å². The maximum Gasteiger partial charge on any atom is 0.278 e. The Bertz CT molecular complexity index is 1210. The monoisotopic (exact) mass is 436 g/mol. The quantitative estimate of drug-likeness (QED) is 0.656. The maximum absolute atomic E-state index is 13.1. The van der Waals surface area contributed by atoms with Gasteiger partial charge in [0, 0.05) is 13.1 Å². The van der Waals surface area contributed by atoms with Crippen molar-refractivity contribution in [2.45, 2.75) is 52.6 Å². The van der Waals surface area contributed by atoms with Crippen LogP contribution in [0.2, 0.25) is 0 Å². The van der Waals surface area contributed by atoms with Crippen LogP contribution in [-0.2, 0) is 16.1 Å². The van der Waals surface area contributed by atoms with E-state index in [9.17, 15) is 14.4 Å². The van der Waals surface area contributed by atoms with E-state index in [-0.39, 0.29) is 18.0 Å². The third kappa shape index (κ3) is 4.15. The number of nitrogens with zero attached hydrogens (tertiary/aromatic N) is 5. The van der Waals surface area contributed by atoms with Crippen molar-refractivity contribution < 1.29 is 9.59 Å². The van der Waals surface area contributed by atoms with Gasteiger partial charge in [-0.2, -0.15) is 10.2 Å². The van der Waals surface area contributed by atoms with E-state index in [1.165, 1.54) is 0 Å². The molecule has 0 bridgehead atoms. The Hall–Kier alpha value is -3.49. The fourth-order valence-electron chi connectivity index (χ4n) is 4.22. The van der Waals surface area contributed by atoms with Gasteiger partial charge in [-0.05, 0) is 52.2 Å². The van der Waals surface area contributed by atoms with Gasteiger partial charge in [-0.25, -0.2) is 9.36 Å². The maximum atomic E-state index is 13.1. The van der Waals surface area contributed by atoms with Crippen LogP contribution in [0, 0.1) is 13.8 Å². The molecule has 1 aromatic carbocycles. The lowest BCUT2D eigenvalue weighted by Gasteiger charge is -2.29. The molecule has 1 fully saturated rings. The Morgan fingerprint density at radius 3 is 2.44 bits per heavy atom. The number of para-hydroxylation sites is 1. The summed E-state index contributed by atoms with van der Waals surface area (Å²) < 4.78 is 2.86. The fraction of sp³-hybridized carbons (Fsp3) is 0.435. The number of nitrogens with one attached hydrogen (secondary N) is 1. The molecule has 1 atom stereocenters. The molecule has 0 spiro atoms. The first-order valence-corrected chi connectivity index (χ1v) is 11.0. The van der Waals surface area contributed by atoms with E-state index in [2.05, 4.69) is 15.5 Å². The Labute approximate surface area is 186 Å². The number of hydrogen-bond donors (Lipinski definition) is 1. The van der Waals surface area contributed by atoms with Crippen LogP contribution in [-0.4, -0.2) is 55.4 Å². The van der Waals surface area contributed by atoms with Crippen LogP contribution >= 0.6 is 0 Å². The highest BCUT2D eigenvalue weighted by atomic mass is 16.2. The summed E-state index contributed by atoms with van der Waals surface area (Å²) in [4.78, 5) is 40.1. The second-order valence-electron chi connectivity index (χ2n) is 8.28. The molecule has 0 radical (unpaired) electrons. The van der Waals surface area contributed by atoms with Gasteiger partial charge in [0.2, 0.25) is 11.8 Å². The van der Waals surface area contributed by atoms with Crippen LogP contribution in [0.25, 0.3) is 16.6 Å². The van der Waals surface area contributed by atoms with E-state index in [0.717, 1.165) is 42.7 Å². The van der Waals surface area contributed by atoms with Gasteiger partial charge in [0.05, 0.1) is 22.5 Å². The molecule has 168 valence electrons. The topological polar surface area (TPSA) is 102 Å². The van der Waals surface area contributed by atoms with Crippen molar-refractivity contribution >= 4 is 22.7 Å². The fourth-order valence-corrected chi connectivity index (χ4v) is 4.22. The number of benzene rings is 1. The first-order chi connectivity index (χ1) is 15.4. The molecule has 2 amide bonds. The summed E-state index contributed by atoms with van der Waals surface area (Å²) in [5.74, 6) is -0.519. The Morgan fingerprint density at radius 2 is 1.75 bits per heavy atom. The number of aryl methyl sites for hydroxylation is 2. The number of carbonyl (C=O) groups excluding carboxylic acids is 2. The first-order valence-electron chi connectivity index (χ1n) is 11.0. The second kappa shape index (κ2) is 8.94. The average molecular weight is 437 g/mol. The summed E-state index contributed by atoms with van der Waals surface area (Å²) >= 11 is 0. The minimum Gasteiger partial charge on any atom is -0.343 e. The van der Waals surface area contributed by atoms with Gasteiger partial charge in [-0.1, -0.05) is 18.2 Å². The molecule has 1 aliphatic heterocycles. The minimum atomic E-state index is -0.649. The van der Waals surface area contributed by atoms with Crippen molar-refractivity contribution in [3.63, 3.8) is 0 Å². The summed E-state index contributed by atoms with van der Waals surface area (Å²) in [6.45, 7) is 6.45. The molecule has 1 aliphatic rings. The van der Waals surface area contributed by atoms with Crippen LogP contribution in [0.15, 0.2) is 35.1 Å².